The summed E-state index contributed by atoms with van der Waals surface area (Å²) in [7, 11) is -3.13. The largest absolute Gasteiger partial charge is 0.349 e. The molecular formula is C12H12ClNO3S. The van der Waals surface area contributed by atoms with Gasteiger partial charge in [0.05, 0.1) is 18.2 Å². The van der Waals surface area contributed by atoms with E-state index < -0.39 is 15.9 Å². The Labute approximate surface area is 111 Å². The van der Waals surface area contributed by atoms with E-state index in [1.807, 2.05) is 0 Å². The quantitative estimate of drug-likeness (QED) is 0.911. The normalized spacial score (nSPS) is 20.8. The zero-order valence-corrected chi connectivity index (χ0v) is 11.0. The molecule has 96 valence electrons. The number of carbonyl (C=O) groups is 1. The Hall–Kier alpha value is -1.33. The second-order valence-corrected chi connectivity index (χ2v) is 6.50. The summed E-state index contributed by atoms with van der Waals surface area (Å²) >= 11 is 5.74. The van der Waals surface area contributed by atoms with Gasteiger partial charge in [0.1, 0.15) is 0 Å². The fraction of sp³-hybridized carbons (Fsp3) is 0.250. The molecule has 1 aliphatic heterocycles. The van der Waals surface area contributed by atoms with E-state index in [1.165, 1.54) is 6.08 Å². The van der Waals surface area contributed by atoms with Crippen molar-refractivity contribution in [2.75, 3.05) is 5.75 Å². The third kappa shape index (κ3) is 3.58. The molecule has 0 aliphatic carbocycles. The summed E-state index contributed by atoms with van der Waals surface area (Å²) in [6, 6.07) is 6.54. The summed E-state index contributed by atoms with van der Waals surface area (Å²) < 4.78 is 22.3. The van der Waals surface area contributed by atoms with Gasteiger partial charge >= 0.3 is 0 Å². The van der Waals surface area contributed by atoms with Gasteiger partial charge in [-0.25, -0.2) is 8.42 Å². The number of amides is 1. The second-order valence-electron chi connectivity index (χ2n) is 4.14. The molecule has 1 atom stereocenters. The van der Waals surface area contributed by atoms with Crippen molar-refractivity contribution in [3.8, 4) is 0 Å². The Morgan fingerprint density at radius 3 is 2.56 bits per heavy atom. The van der Waals surface area contributed by atoms with Crippen LogP contribution in [0.25, 0.3) is 0 Å². The molecule has 6 heteroatoms. The Bertz CT molecular complexity index is 578. The van der Waals surface area contributed by atoms with Crippen LogP contribution >= 0.6 is 11.6 Å². The molecule has 0 unspecified atom stereocenters. The maximum Gasteiger partial charge on any atom is 0.224 e. The third-order valence-corrected chi connectivity index (χ3v) is 4.20. The molecule has 0 saturated carbocycles. The molecular weight excluding hydrogens is 274 g/mol. The van der Waals surface area contributed by atoms with Gasteiger partial charge in [-0.3, -0.25) is 4.79 Å². The molecule has 1 aromatic rings. The van der Waals surface area contributed by atoms with Crippen LogP contribution in [-0.2, 0) is 21.1 Å². The zero-order valence-electron chi connectivity index (χ0n) is 9.47. The van der Waals surface area contributed by atoms with Gasteiger partial charge in [-0.1, -0.05) is 23.7 Å². The first-order chi connectivity index (χ1) is 8.44. The Balaban J connectivity index is 1.90. The van der Waals surface area contributed by atoms with E-state index in [4.69, 9.17) is 11.6 Å². The number of hydrogen-bond acceptors (Lipinski definition) is 3. The minimum Gasteiger partial charge on any atom is -0.349 e. The summed E-state index contributed by atoms with van der Waals surface area (Å²) in [5.41, 5.74) is 0.835. The first-order valence-corrected chi connectivity index (χ1v) is 7.49. The van der Waals surface area contributed by atoms with Gasteiger partial charge in [0.15, 0.2) is 9.84 Å². The van der Waals surface area contributed by atoms with E-state index in [2.05, 4.69) is 5.32 Å². The van der Waals surface area contributed by atoms with Crippen LogP contribution in [0.1, 0.15) is 5.56 Å². The number of benzene rings is 1. The van der Waals surface area contributed by atoms with Crippen molar-refractivity contribution in [2.24, 2.45) is 0 Å². The van der Waals surface area contributed by atoms with Gasteiger partial charge in [0, 0.05) is 10.4 Å². The fourth-order valence-corrected chi connectivity index (χ4v) is 3.07. The second kappa shape index (κ2) is 5.12. The van der Waals surface area contributed by atoms with Crippen LogP contribution in [-0.4, -0.2) is 26.1 Å². The number of carbonyl (C=O) groups excluding carboxylic acids is 1. The average Bonchev–Trinajstić information content (AvgIpc) is 2.61. The van der Waals surface area contributed by atoms with E-state index in [1.54, 1.807) is 24.3 Å². The van der Waals surface area contributed by atoms with Gasteiger partial charge in [-0.05, 0) is 23.8 Å². The molecule has 4 nitrogen and oxygen atoms in total. The van der Waals surface area contributed by atoms with Gasteiger partial charge in [0.2, 0.25) is 5.91 Å². The topological polar surface area (TPSA) is 63.2 Å². The Morgan fingerprint density at radius 2 is 2.00 bits per heavy atom. The minimum absolute atomic E-state index is 0.0562. The molecule has 0 saturated heterocycles. The van der Waals surface area contributed by atoms with Crippen molar-refractivity contribution in [3.05, 3.63) is 46.3 Å². The van der Waals surface area contributed by atoms with Crippen LogP contribution in [0.3, 0.4) is 0 Å². The molecule has 18 heavy (non-hydrogen) atoms. The lowest BCUT2D eigenvalue weighted by Gasteiger charge is -2.09. The van der Waals surface area contributed by atoms with Crippen LogP contribution in [0, 0.1) is 0 Å². The van der Waals surface area contributed by atoms with Crippen molar-refractivity contribution in [2.45, 2.75) is 12.5 Å². The van der Waals surface area contributed by atoms with Crippen molar-refractivity contribution in [1.82, 2.24) is 5.32 Å². The third-order valence-electron chi connectivity index (χ3n) is 2.55. The Kier molecular flexibility index (Phi) is 3.73. The summed E-state index contributed by atoms with van der Waals surface area (Å²) in [5.74, 6) is -0.261. The number of halogens is 1. The van der Waals surface area contributed by atoms with Crippen molar-refractivity contribution < 1.29 is 13.2 Å². The standard InChI is InChI=1S/C12H12ClNO3S/c13-10-3-1-9(2-4-10)7-12(15)14-11-5-6-18(16,17)8-11/h1-6,11H,7-8H2,(H,14,15)/t11-/m0/s1. The first kappa shape index (κ1) is 13.1. The molecule has 1 aliphatic rings. The van der Waals surface area contributed by atoms with Crippen LogP contribution in [0.15, 0.2) is 35.7 Å². The molecule has 0 fully saturated rings. The van der Waals surface area contributed by atoms with Crippen LogP contribution in [0.4, 0.5) is 0 Å². The van der Waals surface area contributed by atoms with Crippen molar-refractivity contribution >= 4 is 27.3 Å². The smallest absolute Gasteiger partial charge is 0.224 e. The van der Waals surface area contributed by atoms with Gasteiger partial charge in [0.25, 0.3) is 0 Å². The summed E-state index contributed by atoms with van der Waals surface area (Å²) in [6.45, 7) is 0. The maximum atomic E-state index is 11.7. The summed E-state index contributed by atoms with van der Waals surface area (Å²) in [5, 5.41) is 4.41. The van der Waals surface area contributed by atoms with Crippen molar-refractivity contribution in [1.29, 1.82) is 0 Å². The van der Waals surface area contributed by atoms with E-state index >= 15 is 0 Å². The molecule has 0 bridgehead atoms. The molecule has 0 radical (unpaired) electrons. The predicted octanol–water partition coefficient (Wildman–Crippen LogP) is 1.31. The lowest BCUT2D eigenvalue weighted by Crippen LogP contribution is -2.36. The molecule has 0 spiro atoms. The lowest BCUT2D eigenvalue weighted by molar-refractivity contribution is -0.120. The molecule has 1 aromatic carbocycles. The summed E-state index contributed by atoms with van der Waals surface area (Å²) in [4.78, 5) is 11.7. The first-order valence-electron chi connectivity index (χ1n) is 5.39. The van der Waals surface area contributed by atoms with Crippen LogP contribution in [0.2, 0.25) is 5.02 Å². The van der Waals surface area contributed by atoms with Gasteiger partial charge < -0.3 is 5.32 Å². The highest BCUT2D eigenvalue weighted by Crippen LogP contribution is 2.11. The molecule has 0 aromatic heterocycles. The molecule has 1 N–H and O–H groups in total. The van der Waals surface area contributed by atoms with Crippen LogP contribution < -0.4 is 5.32 Å². The molecule has 2 rings (SSSR count). The zero-order chi connectivity index (χ0) is 13.2. The highest BCUT2D eigenvalue weighted by Gasteiger charge is 2.22. The Morgan fingerprint density at radius 1 is 1.33 bits per heavy atom. The van der Waals surface area contributed by atoms with E-state index in [9.17, 15) is 13.2 Å². The predicted molar refractivity (Wildman–Crippen MR) is 70.0 cm³/mol. The monoisotopic (exact) mass is 285 g/mol. The highest BCUT2D eigenvalue weighted by molar-refractivity contribution is 7.94. The minimum atomic E-state index is -3.13. The maximum absolute atomic E-state index is 11.7. The van der Waals surface area contributed by atoms with Gasteiger partial charge in [-0.2, -0.15) is 0 Å². The van der Waals surface area contributed by atoms with Crippen molar-refractivity contribution in [3.63, 3.8) is 0 Å². The molecule has 1 amide bonds. The van der Waals surface area contributed by atoms with E-state index in [0.717, 1.165) is 11.0 Å². The SMILES string of the molecule is O=C(Cc1ccc(Cl)cc1)N[C@H]1C=CS(=O)(=O)C1. The number of rotatable bonds is 3. The number of nitrogens with one attached hydrogen (secondary N) is 1. The van der Waals surface area contributed by atoms with E-state index in [-0.39, 0.29) is 18.1 Å². The van der Waals surface area contributed by atoms with Gasteiger partial charge in [-0.15, -0.1) is 0 Å². The highest BCUT2D eigenvalue weighted by atomic mass is 35.5. The fourth-order valence-electron chi connectivity index (χ4n) is 1.71. The number of sulfone groups is 1. The van der Waals surface area contributed by atoms with Crippen LogP contribution in [0.5, 0.6) is 0 Å². The summed E-state index contributed by atoms with van der Waals surface area (Å²) in [6.07, 6.45) is 1.71. The number of hydrogen-bond donors (Lipinski definition) is 1. The molecule has 1 heterocycles. The lowest BCUT2D eigenvalue weighted by atomic mass is 10.1. The van der Waals surface area contributed by atoms with E-state index in [0.29, 0.717) is 5.02 Å². The average molecular weight is 286 g/mol.